The molecule has 15 heavy (non-hydrogen) atoms. The first-order chi connectivity index (χ1) is 7.18. The van der Waals surface area contributed by atoms with Gasteiger partial charge in [0.25, 0.3) is 0 Å². The maximum Gasteiger partial charge on any atom is 0.123 e. The van der Waals surface area contributed by atoms with E-state index < -0.39 is 0 Å². The third-order valence-electron chi connectivity index (χ3n) is 2.15. The molecule has 0 fully saturated rings. The number of rotatable bonds is 6. The first-order valence-corrected chi connectivity index (χ1v) is 5.47. The molecule has 0 saturated heterocycles. The highest BCUT2D eigenvalue weighted by Gasteiger charge is 1.97. The highest BCUT2D eigenvalue weighted by Crippen LogP contribution is 2.05. The predicted molar refractivity (Wildman–Crippen MR) is 62.4 cm³/mol. The van der Waals surface area contributed by atoms with Crippen molar-refractivity contribution < 1.29 is 4.74 Å². The summed E-state index contributed by atoms with van der Waals surface area (Å²) in [7, 11) is 0. The zero-order valence-corrected chi connectivity index (χ0v) is 9.57. The van der Waals surface area contributed by atoms with Crippen LogP contribution in [0.3, 0.4) is 0 Å². The zero-order valence-electron chi connectivity index (χ0n) is 9.57. The summed E-state index contributed by atoms with van der Waals surface area (Å²) in [6.07, 6.45) is 2.32. The van der Waals surface area contributed by atoms with E-state index in [0.717, 1.165) is 24.6 Å². The Morgan fingerprint density at radius 3 is 2.87 bits per heavy atom. The fourth-order valence-electron chi connectivity index (χ4n) is 1.35. The quantitative estimate of drug-likeness (QED) is 0.731. The van der Waals surface area contributed by atoms with Crippen molar-refractivity contribution in [2.75, 3.05) is 12.3 Å². The minimum Gasteiger partial charge on any atom is -0.384 e. The molecule has 0 amide bonds. The lowest BCUT2D eigenvalue weighted by Gasteiger charge is -2.06. The number of anilines is 1. The van der Waals surface area contributed by atoms with Gasteiger partial charge in [-0.25, -0.2) is 4.98 Å². The Morgan fingerprint density at radius 2 is 2.20 bits per heavy atom. The monoisotopic (exact) mass is 208 g/mol. The normalized spacial score (nSPS) is 10.9. The fraction of sp³-hybridized carbons (Fsp3) is 0.583. The number of nitrogen functional groups attached to an aromatic ring is 1. The largest absolute Gasteiger partial charge is 0.384 e. The summed E-state index contributed by atoms with van der Waals surface area (Å²) in [5, 5.41) is 0. The van der Waals surface area contributed by atoms with E-state index in [4.69, 9.17) is 10.5 Å². The van der Waals surface area contributed by atoms with E-state index in [1.54, 1.807) is 6.07 Å². The smallest absolute Gasteiger partial charge is 0.123 e. The standard InChI is InChI=1S/C12H20N2O/c1-10(2)5-4-8-15-9-11-6-3-7-12(13)14-11/h3,6-7,10H,4-5,8-9H2,1-2H3,(H2,13,14). The molecule has 0 bridgehead atoms. The van der Waals surface area contributed by atoms with Crippen molar-refractivity contribution in [1.29, 1.82) is 0 Å². The number of pyridine rings is 1. The number of aromatic nitrogens is 1. The van der Waals surface area contributed by atoms with Crippen LogP contribution in [-0.4, -0.2) is 11.6 Å². The average Bonchev–Trinajstić information content (AvgIpc) is 2.17. The van der Waals surface area contributed by atoms with Crippen molar-refractivity contribution in [1.82, 2.24) is 4.98 Å². The van der Waals surface area contributed by atoms with Gasteiger partial charge < -0.3 is 10.5 Å². The lowest BCUT2D eigenvalue weighted by Crippen LogP contribution is -2.00. The lowest BCUT2D eigenvalue weighted by atomic mass is 10.1. The van der Waals surface area contributed by atoms with Gasteiger partial charge in [0.2, 0.25) is 0 Å². The Kier molecular flexibility index (Phi) is 5.12. The molecule has 0 radical (unpaired) electrons. The summed E-state index contributed by atoms with van der Waals surface area (Å²) < 4.78 is 5.51. The zero-order chi connectivity index (χ0) is 11.1. The summed E-state index contributed by atoms with van der Waals surface area (Å²) in [6, 6.07) is 5.61. The first-order valence-electron chi connectivity index (χ1n) is 5.47. The molecule has 1 aromatic rings. The third kappa shape index (κ3) is 5.37. The Labute approximate surface area is 91.7 Å². The molecule has 3 nitrogen and oxygen atoms in total. The van der Waals surface area contributed by atoms with Gasteiger partial charge in [0.05, 0.1) is 12.3 Å². The SMILES string of the molecule is CC(C)CCCOCc1cccc(N)n1. The van der Waals surface area contributed by atoms with Crippen molar-refractivity contribution in [3.63, 3.8) is 0 Å². The lowest BCUT2D eigenvalue weighted by molar-refractivity contribution is 0.112. The van der Waals surface area contributed by atoms with Crippen LogP contribution in [0.1, 0.15) is 32.4 Å². The molecule has 0 atom stereocenters. The topological polar surface area (TPSA) is 48.1 Å². The summed E-state index contributed by atoms with van der Waals surface area (Å²) >= 11 is 0. The summed E-state index contributed by atoms with van der Waals surface area (Å²) in [4.78, 5) is 4.16. The number of ether oxygens (including phenoxy) is 1. The number of hydrogen-bond donors (Lipinski definition) is 1. The number of nitrogens with two attached hydrogens (primary N) is 1. The van der Waals surface area contributed by atoms with Crippen LogP contribution in [0.15, 0.2) is 18.2 Å². The molecule has 3 heteroatoms. The number of nitrogens with zero attached hydrogens (tertiary/aromatic N) is 1. The second-order valence-electron chi connectivity index (χ2n) is 4.14. The third-order valence-corrected chi connectivity index (χ3v) is 2.15. The Bertz CT molecular complexity index is 287. The van der Waals surface area contributed by atoms with Gasteiger partial charge in [-0.1, -0.05) is 19.9 Å². The Hall–Kier alpha value is -1.09. The van der Waals surface area contributed by atoms with E-state index in [-0.39, 0.29) is 0 Å². The van der Waals surface area contributed by atoms with Gasteiger partial charge in [-0.15, -0.1) is 0 Å². The maximum absolute atomic E-state index is 5.56. The summed E-state index contributed by atoms with van der Waals surface area (Å²) in [5.41, 5.74) is 6.46. The van der Waals surface area contributed by atoms with Crippen molar-refractivity contribution >= 4 is 5.82 Å². The van der Waals surface area contributed by atoms with Crippen molar-refractivity contribution in [2.24, 2.45) is 5.92 Å². The van der Waals surface area contributed by atoms with Crippen LogP contribution in [0.25, 0.3) is 0 Å². The molecule has 0 aromatic carbocycles. The van der Waals surface area contributed by atoms with Crippen molar-refractivity contribution in [3.05, 3.63) is 23.9 Å². The molecular weight excluding hydrogens is 188 g/mol. The highest BCUT2D eigenvalue weighted by atomic mass is 16.5. The van der Waals surface area contributed by atoms with Crippen LogP contribution in [0.5, 0.6) is 0 Å². The molecule has 0 spiro atoms. The minimum atomic E-state index is 0.554. The van der Waals surface area contributed by atoms with Crippen LogP contribution in [-0.2, 0) is 11.3 Å². The van der Waals surface area contributed by atoms with Crippen LogP contribution in [0.2, 0.25) is 0 Å². The van der Waals surface area contributed by atoms with E-state index in [1.807, 2.05) is 12.1 Å². The minimum absolute atomic E-state index is 0.554. The molecule has 0 saturated carbocycles. The van der Waals surface area contributed by atoms with E-state index in [0.29, 0.717) is 12.4 Å². The van der Waals surface area contributed by atoms with Crippen LogP contribution in [0.4, 0.5) is 5.82 Å². The molecule has 1 heterocycles. The van der Waals surface area contributed by atoms with Gasteiger partial charge in [0.1, 0.15) is 5.82 Å². The molecule has 0 unspecified atom stereocenters. The van der Waals surface area contributed by atoms with Gasteiger partial charge in [0, 0.05) is 6.61 Å². The molecule has 84 valence electrons. The summed E-state index contributed by atoms with van der Waals surface area (Å²) in [5.74, 6) is 1.30. The number of hydrogen-bond acceptors (Lipinski definition) is 3. The fourth-order valence-corrected chi connectivity index (χ4v) is 1.35. The second-order valence-corrected chi connectivity index (χ2v) is 4.14. The van der Waals surface area contributed by atoms with E-state index in [2.05, 4.69) is 18.8 Å². The Morgan fingerprint density at radius 1 is 1.40 bits per heavy atom. The molecule has 0 aliphatic rings. The molecular formula is C12H20N2O. The van der Waals surface area contributed by atoms with Gasteiger partial charge in [-0.05, 0) is 30.9 Å². The van der Waals surface area contributed by atoms with Gasteiger partial charge in [0.15, 0.2) is 0 Å². The van der Waals surface area contributed by atoms with Crippen LogP contribution < -0.4 is 5.73 Å². The molecule has 1 rings (SSSR count). The first kappa shape index (κ1) is 12.0. The highest BCUT2D eigenvalue weighted by molar-refractivity contribution is 5.28. The van der Waals surface area contributed by atoms with Crippen molar-refractivity contribution in [2.45, 2.75) is 33.3 Å². The summed E-state index contributed by atoms with van der Waals surface area (Å²) in [6.45, 7) is 5.80. The molecule has 1 aromatic heterocycles. The van der Waals surface area contributed by atoms with Gasteiger partial charge in [-0.3, -0.25) is 0 Å². The second kappa shape index (κ2) is 6.40. The van der Waals surface area contributed by atoms with Crippen molar-refractivity contribution in [3.8, 4) is 0 Å². The molecule has 2 N–H and O–H groups in total. The van der Waals surface area contributed by atoms with Gasteiger partial charge in [-0.2, -0.15) is 0 Å². The average molecular weight is 208 g/mol. The van der Waals surface area contributed by atoms with E-state index in [9.17, 15) is 0 Å². The van der Waals surface area contributed by atoms with E-state index in [1.165, 1.54) is 6.42 Å². The molecule has 0 aliphatic heterocycles. The molecule has 0 aliphatic carbocycles. The van der Waals surface area contributed by atoms with Gasteiger partial charge >= 0.3 is 0 Å². The predicted octanol–water partition coefficient (Wildman–Crippen LogP) is 2.62. The Balaban J connectivity index is 2.15. The van der Waals surface area contributed by atoms with Crippen LogP contribution in [0, 0.1) is 5.92 Å². The van der Waals surface area contributed by atoms with Crippen LogP contribution >= 0.6 is 0 Å². The maximum atomic E-state index is 5.56. The van der Waals surface area contributed by atoms with E-state index >= 15 is 0 Å².